The Kier molecular flexibility index (Phi) is 7.40. The van der Waals surface area contributed by atoms with Gasteiger partial charge in [-0.1, -0.05) is 0 Å². The number of hydrogen-bond acceptors (Lipinski definition) is 5. The van der Waals surface area contributed by atoms with Gasteiger partial charge in [-0.2, -0.15) is 0 Å². The fourth-order valence-corrected chi connectivity index (χ4v) is 3.66. The van der Waals surface area contributed by atoms with Crippen molar-refractivity contribution in [1.29, 1.82) is 0 Å². The van der Waals surface area contributed by atoms with E-state index in [0.29, 0.717) is 38.9 Å². The van der Waals surface area contributed by atoms with E-state index in [2.05, 4.69) is 5.32 Å². The molecule has 1 atom stereocenters. The number of hydrogen-bond donors (Lipinski definition) is 1. The largest absolute Gasteiger partial charge is 0.444 e. The summed E-state index contributed by atoms with van der Waals surface area (Å²) in [5, 5.41) is 2.88. The van der Waals surface area contributed by atoms with Crippen molar-refractivity contribution >= 4 is 18.1 Å². The zero-order valence-corrected chi connectivity index (χ0v) is 18.7. The predicted octanol–water partition coefficient (Wildman–Crippen LogP) is 3.29. The molecule has 0 radical (unpaired) electrons. The molecule has 2 aliphatic heterocycles. The maximum Gasteiger partial charge on any atom is 0.410 e. The Morgan fingerprint density at radius 3 is 1.97 bits per heavy atom. The minimum Gasteiger partial charge on any atom is -0.444 e. The minimum atomic E-state index is -0.589. The van der Waals surface area contributed by atoms with E-state index in [1.807, 2.05) is 41.5 Å². The van der Waals surface area contributed by atoms with Crippen molar-refractivity contribution in [2.24, 2.45) is 0 Å². The zero-order chi connectivity index (χ0) is 21.8. The number of nitrogens with one attached hydrogen (secondary N) is 1. The summed E-state index contributed by atoms with van der Waals surface area (Å²) in [7, 11) is 0. The zero-order valence-electron chi connectivity index (χ0n) is 18.7. The van der Waals surface area contributed by atoms with Crippen molar-refractivity contribution in [3.05, 3.63) is 0 Å². The van der Waals surface area contributed by atoms with E-state index in [4.69, 9.17) is 9.47 Å². The summed E-state index contributed by atoms with van der Waals surface area (Å²) in [6, 6.07) is -0.476. The standard InChI is InChI=1S/C21H37N3O5/c1-20(2,3)28-18(26)22-15-10-13-23(14-11-15)17(25)16-9-7-8-12-24(16)19(27)29-21(4,5)6/h15-16H,7-14H2,1-6H3,(H,22,26). The van der Waals surface area contributed by atoms with E-state index in [9.17, 15) is 14.4 Å². The van der Waals surface area contributed by atoms with Crippen LogP contribution in [0.3, 0.4) is 0 Å². The molecule has 2 heterocycles. The third-order valence-electron chi connectivity index (χ3n) is 4.94. The van der Waals surface area contributed by atoms with Gasteiger partial charge in [-0.05, 0) is 73.6 Å². The molecule has 2 fully saturated rings. The fraction of sp³-hybridized carbons (Fsp3) is 0.857. The van der Waals surface area contributed by atoms with Crippen LogP contribution in [0, 0.1) is 0 Å². The topological polar surface area (TPSA) is 88.2 Å². The van der Waals surface area contributed by atoms with Crippen LogP contribution in [-0.4, -0.2) is 70.8 Å². The SMILES string of the molecule is CC(C)(C)OC(=O)NC1CCN(C(=O)C2CCCCN2C(=O)OC(C)(C)C)CC1. The van der Waals surface area contributed by atoms with Gasteiger partial charge in [-0.25, -0.2) is 9.59 Å². The first-order valence-electron chi connectivity index (χ1n) is 10.6. The number of nitrogens with zero attached hydrogens (tertiary/aromatic N) is 2. The molecule has 0 aromatic carbocycles. The predicted molar refractivity (Wildman–Crippen MR) is 110 cm³/mol. The van der Waals surface area contributed by atoms with Crippen molar-refractivity contribution in [2.75, 3.05) is 19.6 Å². The monoisotopic (exact) mass is 411 g/mol. The molecule has 0 aromatic heterocycles. The van der Waals surface area contributed by atoms with Crippen LogP contribution in [0.1, 0.15) is 73.6 Å². The summed E-state index contributed by atoms with van der Waals surface area (Å²) in [6.45, 7) is 12.6. The maximum absolute atomic E-state index is 13.1. The summed E-state index contributed by atoms with van der Waals surface area (Å²) in [4.78, 5) is 41.0. The van der Waals surface area contributed by atoms with Gasteiger partial charge >= 0.3 is 12.2 Å². The van der Waals surface area contributed by atoms with Gasteiger partial charge in [0.1, 0.15) is 17.2 Å². The first-order valence-corrected chi connectivity index (χ1v) is 10.6. The highest BCUT2D eigenvalue weighted by molar-refractivity contribution is 5.86. The molecule has 1 unspecified atom stereocenters. The summed E-state index contributed by atoms with van der Waals surface area (Å²) in [6.07, 6.45) is 2.96. The highest BCUT2D eigenvalue weighted by Crippen LogP contribution is 2.23. The van der Waals surface area contributed by atoms with E-state index < -0.39 is 29.4 Å². The van der Waals surface area contributed by atoms with Crippen LogP contribution >= 0.6 is 0 Å². The number of rotatable bonds is 2. The quantitative estimate of drug-likeness (QED) is 0.753. The van der Waals surface area contributed by atoms with Crippen LogP contribution in [0.25, 0.3) is 0 Å². The Bertz CT molecular complexity index is 600. The van der Waals surface area contributed by atoms with E-state index in [0.717, 1.165) is 12.8 Å². The fourth-order valence-electron chi connectivity index (χ4n) is 3.66. The summed E-state index contributed by atoms with van der Waals surface area (Å²) >= 11 is 0. The van der Waals surface area contributed by atoms with Gasteiger partial charge in [0.15, 0.2) is 0 Å². The third-order valence-corrected chi connectivity index (χ3v) is 4.94. The molecule has 29 heavy (non-hydrogen) atoms. The number of piperidine rings is 2. The average Bonchev–Trinajstić information content (AvgIpc) is 2.58. The lowest BCUT2D eigenvalue weighted by Gasteiger charge is -2.40. The highest BCUT2D eigenvalue weighted by Gasteiger charge is 2.38. The summed E-state index contributed by atoms with van der Waals surface area (Å²) in [5.41, 5.74) is -1.12. The second-order valence-corrected chi connectivity index (χ2v) is 9.93. The molecule has 3 amide bonds. The van der Waals surface area contributed by atoms with Crippen LogP contribution in [0.5, 0.6) is 0 Å². The van der Waals surface area contributed by atoms with Crippen molar-refractivity contribution in [2.45, 2.75) is 96.9 Å². The van der Waals surface area contributed by atoms with Crippen molar-refractivity contribution in [3.8, 4) is 0 Å². The molecule has 0 aliphatic carbocycles. The molecule has 2 rings (SSSR count). The highest BCUT2D eigenvalue weighted by atomic mass is 16.6. The van der Waals surface area contributed by atoms with E-state index >= 15 is 0 Å². The molecule has 0 spiro atoms. The number of likely N-dealkylation sites (tertiary alicyclic amines) is 2. The second-order valence-electron chi connectivity index (χ2n) is 9.93. The molecule has 1 N–H and O–H groups in total. The Morgan fingerprint density at radius 1 is 0.828 bits per heavy atom. The Morgan fingerprint density at radius 2 is 1.41 bits per heavy atom. The van der Waals surface area contributed by atoms with E-state index in [-0.39, 0.29) is 11.9 Å². The lowest BCUT2D eigenvalue weighted by molar-refractivity contribution is -0.139. The Hall–Kier alpha value is -1.99. The number of alkyl carbamates (subject to hydrolysis) is 1. The molecule has 0 saturated carbocycles. The molecule has 8 nitrogen and oxygen atoms in total. The Balaban J connectivity index is 1.90. The van der Waals surface area contributed by atoms with E-state index in [1.54, 1.807) is 9.80 Å². The van der Waals surface area contributed by atoms with Crippen LogP contribution in [0.2, 0.25) is 0 Å². The second kappa shape index (κ2) is 9.22. The van der Waals surface area contributed by atoms with Gasteiger partial charge < -0.3 is 19.7 Å². The van der Waals surface area contributed by atoms with Crippen LogP contribution in [0.4, 0.5) is 9.59 Å². The number of amides is 3. The van der Waals surface area contributed by atoms with Gasteiger partial charge in [0.25, 0.3) is 0 Å². The molecular weight excluding hydrogens is 374 g/mol. The number of carbonyl (C=O) groups excluding carboxylic acids is 3. The van der Waals surface area contributed by atoms with Gasteiger partial charge in [0.2, 0.25) is 5.91 Å². The summed E-state index contributed by atoms with van der Waals surface area (Å²) < 4.78 is 10.8. The van der Waals surface area contributed by atoms with Crippen molar-refractivity contribution in [3.63, 3.8) is 0 Å². The number of carbonyl (C=O) groups is 3. The van der Waals surface area contributed by atoms with Gasteiger partial charge in [-0.3, -0.25) is 9.69 Å². The molecule has 2 aliphatic rings. The lowest BCUT2D eigenvalue weighted by atomic mass is 9.99. The molecule has 0 bridgehead atoms. The first-order chi connectivity index (χ1) is 13.4. The van der Waals surface area contributed by atoms with Gasteiger partial charge in [0, 0.05) is 25.7 Å². The van der Waals surface area contributed by atoms with Gasteiger partial charge in [-0.15, -0.1) is 0 Å². The molecule has 0 aromatic rings. The van der Waals surface area contributed by atoms with Crippen LogP contribution in [-0.2, 0) is 14.3 Å². The first kappa shape index (κ1) is 23.3. The smallest absolute Gasteiger partial charge is 0.410 e. The third kappa shape index (κ3) is 7.40. The van der Waals surface area contributed by atoms with Gasteiger partial charge in [0.05, 0.1) is 0 Å². The van der Waals surface area contributed by atoms with Crippen LogP contribution in [0.15, 0.2) is 0 Å². The summed E-state index contributed by atoms with van der Waals surface area (Å²) in [5.74, 6) is -0.0220. The molecule has 2 saturated heterocycles. The average molecular weight is 412 g/mol. The van der Waals surface area contributed by atoms with E-state index in [1.165, 1.54) is 0 Å². The molecule has 166 valence electrons. The minimum absolute atomic E-state index is 0.0118. The van der Waals surface area contributed by atoms with Crippen LogP contribution < -0.4 is 5.32 Å². The molecule has 8 heteroatoms. The molecular formula is C21H37N3O5. The normalized spacial score (nSPS) is 21.5. The van der Waals surface area contributed by atoms with Crippen molar-refractivity contribution < 1.29 is 23.9 Å². The van der Waals surface area contributed by atoms with Crippen molar-refractivity contribution in [1.82, 2.24) is 15.1 Å². The maximum atomic E-state index is 13.1. The Labute approximate surface area is 174 Å². The number of ether oxygens (including phenoxy) is 2. The lowest BCUT2D eigenvalue weighted by Crippen LogP contribution is -2.56.